The third-order valence-corrected chi connectivity index (χ3v) is 4.46. The highest BCUT2D eigenvalue weighted by Crippen LogP contribution is 2.14. The second-order valence-electron chi connectivity index (χ2n) is 6.67. The minimum Gasteiger partial charge on any atom is -0.357 e. The molecule has 1 unspecified atom stereocenters. The highest BCUT2D eigenvalue weighted by atomic mass is 15.2. The molecule has 1 aliphatic heterocycles. The summed E-state index contributed by atoms with van der Waals surface area (Å²) in [4.78, 5) is 7.18. The van der Waals surface area contributed by atoms with Crippen LogP contribution in [0.15, 0.2) is 23.2 Å². The topological polar surface area (TPSA) is 39.7 Å². The van der Waals surface area contributed by atoms with Crippen molar-refractivity contribution in [3.63, 3.8) is 0 Å². The quantitative estimate of drug-likeness (QED) is 0.626. The first-order valence-electron chi connectivity index (χ1n) is 8.88. The van der Waals surface area contributed by atoms with Crippen molar-refractivity contribution >= 4 is 5.96 Å². The minimum absolute atomic E-state index is 0.602. The van der Waals surface area contributed by atoms with Crippen LogP contribution in [0.4, 0.5) is 0 Å². The van der Waals surface area contributed by atoms with Gasteiger partial charge in [0.25, 0.3) is 0 Å². The number of rotatable bonds is 6. The molecule has 0 aromatic heterocycles. The summed E-state index contributed by atoms with van der Waals surface area (Å²) in [6, 6.07) is 7.36. The van der Waals surface area contributed by atoms with E-state index in [4.69, 9.17) is 4.99 Å². The van der Waals surface area contributed by atoms with Crippen LogP contribution < -0.4 is 10.6 Å². The predicted octanol–water partition coefficient (Wildman–Crippen LogP) is 2.50. The van der Waals surface area contributed by atoms with Crippen molar-refractivity contribution in [1.82, 2.24) is 15.5 Å². The van der Waals surface area contributed by atoms with Crippen molar-refractivity contribution in [1.29, 1.82) is 0 Å². The molecular weight excluding hydrogens is 284 g/mol. The molecule has 0 amide bonds. The molecule has 1 atom stereocenters. The summed E-state index contributed by atoms with van der Waals surface area (Å²) in [6.07, 6.45) is 3.59. The van der Waals surface area contributed by atoms with E-state index in [9.17, 15) is 0 Å². The molecule has 128 valence electrons. The van der Waals surface area contributed by atoms with Gasteiger partial charge in [-0.1, -0.05) is 29.3 Å². The highest BCUT2D eigenvalue weighted by molar-refractivity contribution is 5.79. The molecule has 1 fully saturated rings. The van der Waals surface area contributed by atoms with Gasteiger partial charge in [0, 0.05) is 19.1 Å². The first kappa shape index (κ1) is 17.8. The van der Waals surface area contributed by atoms with Gasteiger partial charge in [-0.3, -0.25) is 4.99 Å². The van der Waals surface area contributed by atoms with E-state index in [1.807, 2.05) is 0 Å². The first-order chi connectivity index (χ1) is 11.1. The average Bonchev–Trinajstić information content (AvgIpc) is 2.89. The van der Waals surface area contributed by atoms with Crippen LogP contribution in [0.1, 0.15) is 36.5 Å². The molecule has 0 saturated carbocycles. The second kappa shape index (κ2) is 8.92. The first-order valence-corrected chi connectivity index (χ1v) is 8.88. The SMILES string of the molecule is CCNC(=NCC1CCCN1C)NCCc1cc(C)cc(C)c1. The van der Waals surface area contributed by atoms with Crippen LogP contribution >= 0.6 is 0 Å². The Morgan fingerprint density at radius 1 is 1.22 bits per heavy atom. The average molecular weight is 316 g/mol. The van der Waals surface area contributed by atoms with E-state index in [-0.39, 0.29) is 0 Å². The number of nitrogens with zero attached hydrogens (tertiary/aromatic N) is 2. The summed E-state index contributed by atoms with van der Waals surface area (Å²) in [6.45, 7) is 10.3. The lowest BCUT2D eigenvalue weighted by Gasteiger charge is -2.18. The van der Waals surface area contributed by atoms with Crippen LogP contribution in [0.2, 0.25) is 0 Å². The lowest BCUT2D eigenvalue weighted by molar-refractivity contribution is 0.317. The molecule has 0 bridgehead atoms. The lowest BCUT2D eigenvalue weighted by atomic mass is 10.1. The van der Waals surface area contributed by atoms with Gasteiger partial charge in [-0.25, -0.2) is 0 Å². The highest BCUT2D eigenvalue weighted by Gasteiger charge is 2.20. The smallest absolute Gasteiger partial charge is 0.191 e. The third kappa shape index (κ3) is 5.87. The Kier molecular flexibility index (Phi) is 6.90. The van der Waals surface area contributed by atoms with Crippen LogP contribution in [0.5, 0.6) is 0 Å². The Labute approximate surface area is 141 Å². The molecule has 2 N–H and O–H groups in total. The lowest BCUT2D eigenvalue weighted by Crippen LogP contribution is -2.39. The van der Waals surface area contributed by atoms with Crippen LogP contribution in [0.25, 0.3) is 0 Å². The molecule has 0 aliphatic carbocycles. The maximum Gasteiger partial charge on any atom is 0.191 e. The summed E-state index contributed by atoms with van der Waals surface area (Å²) in [5, 5.41) is 6.82. The fourth-order valence-electron chi connectivity index (χ4n) is 3.29. The van der Waals surface area contributed by atoms with Gasteiger partial charge in [-0.05, 0) is 59.2 Å². The number of aryl methyl sites for hydroxylation is 2. The Hall–Kier alpha value is -1.55. The molecule has 2 rings (SSSR count). The van der Waals surface area contributed by atoms with Crippen molar-refractivity contribution < 1.29 is 0 Å². The van der Waals surface area contributed by atoms with E-state index in [0.29, 0.717) is 6.04 Å². The second-order valence-corrected chi connectivity index (χ2v) is 6.67. The van der Waals surface area contributed by atoms with Crippen molar-refractivity contribution in [3.05, 3.63) is 34.9 Å². The van der Waals surface area contributed by atoms with Crippen molar-refractivity contribution in [2.45, 2.75) is 46.1 Å². The van der Waals surface area contributed by atoms with Gasteiger partial charge in [-0.2, -0.15) is 0 Å². The molecule has 4 nitrogen and oxygen atoms in total. The predicted molar refractivity (Wildman–Crippen MR) is 99.3 cm³/mol. The van der Waals surface area contributed by atoms with Gasteiger partial charge in [-0.15, -0.1) is 0 Å². The zero-order chi connectivity index (χ0) is 16.7. The van der Waals surface area contributed by atoms with Crippen molar-refractivity contribution in [2.24, 2.45) is 4.99 Å². The van der Waals surface area contributed by atoms with Gasteiger partial charge >= 0.3 is 0 Å². The van der Waals surface area contributed by atoms with Gasteiger partial charge in [0.1, 0.15) is 0 Å². The molecule has 1 aromatic rings. The van der Waals surface area contributed by atoms with E-state index >= 15 is 0 Å². The zero-order valence-corrected chi connectivity index (χ0v) is 15.2. The number of hydrogen-bond donors (Lipinski definition) is 2. The Morgan fingerprint density at radius 3 is 2.57 bits per heavy atom. The standard InChI is InChI=1S/C19H32N4/c1-5-20-19(22-14-18-7-6-10-23(18)4)21-9-8-17-12-15(2)11-16(3)13-17/h11-13,18H,5-10,14H2,1-4H3,(H2,20,21,22). The van der Waals surface area contributed by atoms with Gasteiger partial charge in [0.05, 0.1) is 6.54 Å². The largest absolute Gasteiger partial charge is 0.357 e. The Bertz CT molecular complexity index is 504. The van der Waals surface area contributed by atoms with Crippen LogP contribution in [0.3, 0.4) is 0 Å². The number of likely N-dealkylation sites (tertiary alicyclic amines) is 1. The Morgan fingerprint density at radius 2 is 1.96 bits per heavy atom. The summed E-state index contributed by atoms with van der Waals surface area (Å²) in [5.41, 5.74) is 4.07. The molecule has 1 aliphatic rings. The van der Waals surface area contributed by atoms with E-state index < -0.39 is 0 Å². The maximum atomic E-state index is 4.76. The molecule has 1 heterocycles. The maximum absolute atomic E-state index is 4.76. The summed E-state index contributed by atoms with van der Waals surface area (Å²) in [7, 11) is 2.20. The van der Waals surface area contributed by atoms with Crippen LogP contribution in [-0.2, 0) is 6.42 Å². The molecule has 0 radical (unpaired) electrons. The number of benzene rings is 1. The molecule has 0 spiro atoms. The van der Waals surface area contributed by atoms with E-state index in [0.717, 1.165) is 32.0 Å². The van der Waals surface area contributed by atoms with Gasteiger partial charge < -0.3 is 15.5 Å². The minimum atomic E-state index is 0.602. The summed E-state index contributed by atoms with van der Waals surface area (Å²) in [5.74, 6) is 0.942. The molecule has 4 heteroatoms. The fourth-order valence-corrected chi connectivity index (χ4v) is 3.29. The zero-order valence-electron chi connectivity index (χ0n) is 15.2. The fraction of sp³-hybridized carbons (Fsp3) is 0.632. The van der Waals surface area contributed by atoms with Crippen molar-refractivity contribution in [2.75, 3.05) is 33.2 Å². The van der Waals surface area contributed by atoms with E-state index in [1.165, 1.54) is 36.1 Å². The molecular formula is C19H32N4. The normalized spacial score (nSPS) is 19.1. The van der Waals surface area contributed by atoms with Crippen LogP contribution in [-0.4, -0.2) is 50.1 Å². The van der Waals surface area contributed by atoms with Gasteiger partial charge in [0.15, 0.2) is 5.96 Å². The monoisotopic (exact) mass is 316 g/mol. The van der Waals surface area contributed by atoms with Gasteiger partial charge in [0.2, 0.25) is 0 Å². The number of hydrogen-bond acceptors (Lipinski definition) is 2. The third-order valence-electron chi connectivity index (χ3n) is 4.46. The van der Waals surface area contributed by atoms with E-state index in [2.05, 4.69) is 61.6 Å². The number of guanidine groups is 1. The van der Waals surface area contributed by atoms with E-state index in [1.54, 1.807) is 0 Å². The number of likely N-dealkylation sites (N-methyl/N-ethyl adjacent to an activating group) is 1. The van der Waals surface area contributed by atoms with Crippen LogP contribution in [0, 0.1) is 13.8 Å². The Balaban J connectivity index is 1.83. The summed E-state index contributed by atoms with van der Waals surface area (Å²) >= 11 is 0. The molecule has 23 heavy (non-hydrogen) atoms. The molecule has 1 saturated heterocycles. The number of nitrogens with one attached hydrogen (secondary N) is 2. The molecule has 1 aromatic carbocycles. The summed E-state index contributed by atoms with van der Waals surface area (Å²) < 4.78 is 0. The number of aliphatic imine (C=N–C) groups is 1. The van der Waals surface area contributed by atoms with Crippen molar-refractivity contribution in [3.8, 4) is 0 Å².